The minimum absolute atomic E-state index is 0.0289. The molecule has 32 heavy (non-hydrogen) atoms. The molecule has 1 atom stereocenters. The number of rotatable bonds is 8. The molecule has 2 amide bonds. The molecule has 0 radical (unpaired) electrons. The Kier molecular flexibility index (Phi) is 8.54. The number of nitrogens with zero attached hydrogens (tertiary/aromatic N) is 1. The van der Waals surface area contributed by atoms with Gasteiger partial charge in [0.2, 0.25) is 0 Å². The molecule has 1 aromatic rings. The Bertz CT molecular complexity index is 863. The zero-order valence-electron chi connectivity index (χ0n) is 20.2. The second kappa shape index (κ2) is 11.3. The van der Waals surface area contributed by atoms with Gasteiger partial charge in [0.25, 0.3) is 11.8 Å². The Morgan fingerprint density at radius 2 is 1.81 bits per heavy atom. The van der Waals surface area contributed by atoms with Gasteiger partial charge in [-0.2, -0.15) is 0 Å². The van der Waals surface area contributed by atoms with E-state index in [0.717, 1.165) is 60.2 Å². The highest BCUT2D eigenvalue weighted by molar-refractivity contribution is 6.01. The summed E-state index contributed by atoms with van der Waals surface area (Å²) in [5, 5.41) is 6.85. The van der Waals surface area contributed by atoms with Gasteiger partial charge in [0.05, 0.1) is 6.04 Å². The molecule has 174 valence electrons. The largest absolute Gasteiger partial charge is 0.381 e. The lowest BCUT2D eigenvalue weighted by Crippen LogP contribution is -2.36. The van der Waals surface area contributed by atoms with Crippen molar-refractivity contribution >= 4 is 11.8 Å². The topological polar surface area (TPSA) is 61.4 Å². The fraction of sp³-hybridized carbons (Fsp3) is 0.556. The third-order valence-electron chi connectivity index (χ3n) is 6.75. The number of carbonyl (C=O) groups excluding carboxylic acids is 2. The van der Waals surface area contributed by atoms with Crippen LogP contribution in [0, 0.1) is 0 Å². The van der Waals surface area contributed by atoms with Crippen LogP contribution in [0.1, 0.15) is 94.6 Å². The number of likely N-dealkylation sites (N-methyl/N-ethyl adjacent to an activating group) is 1. The summed E-state index contributed by atoms with van der Waals surface area (Å²) < 4.78 is 0. The number of nitrogens with one attached hydrogen (secondary N) is 2. The van der Waals surface area contributed by atoms with Crippen molar-refractivity contribution in [2.24, 2.45) is 0 Å². The maximum Gasteiger partial charge on any atom is 0.254 e. The number of amides is 2. The summed E-state index contributed by atoms with van der Waals surface area (Å²) >= 11 is 0. The molecule has 1 heterocycles. The molecule has 5 nitrogen and oxygen atoms in total. The van der Waals surface area contributed by atoms with Crippen molar-refractivity contribution in [1.82, 2.24) is 15.5 Å². The lowest BCUT2D eigenvalue weighted by atomic mass is 9.95. The first kappa shape index (κ1) is 24.1. The van der Waals surface area contributed by atoms with Crippen LogP contribution in [0.5, 0.6) is 0 Å². The predicted octanol–water partition coefficient (Wildman–Crippen LogP) is 5.26. The van der Waals surface area contributed by atoms with Crippen LogP contribution < -0.4 is 10.6 Å². The molecule has 1 saturated carbocycles. The first-order chi connectivity index (χ1) is 15.5. The maximum absolute atomic E-state index is 12.7. The van der Waals surface area contributed by atoms with Crippen molar-refractivity contribution in [3.05, 3.63) is 58.3 Å². The van der Waals surface area contributed by atoms with Gasteiger partial charge in [-0.25, -0.2) is 0 Å². The molecule has 3 rings (SSSR count). The van der Waals surface area contributed by atoms with Gasteiger partial charge < -0.3 is 15.5 Å². The van der Waals surface area contributed by atoms with E-state index in [1.165, 1.54) is 19.3 Å². The number of hydrogen-bond donors (Lipinski definition) is 2. The van der Waals surface area contributed by atoms with Crippen molar-refractivity contribution in [3.8, 4) is 0 Å². The van der Waals surface area contributed by atoms with Crippen LogP contribution in [0.25, 0.3) is 0 Å². The van der Waals surface area contributed by atoms with Crippen LogP contribution in [-0.2, 0) is 4.79 Å². The van der Waals surface area contributed by atoms with Crippen LogP contribution in [0.3, 0.4) is 0 Å². The van der Waals surface area contributed by atoms with Crippen LogP contribution in [0.4, 0.5) is 0 Å². The molecular formula is C27H39N3O2. The number of hydrogen-bond acceptors (Lipinski definition) is 3. The first-order valence-corrected chi connectivity index (χ1v) is 12.3. The highest BCUT2D eigenvalue weighted by Gasteiger charge is 2.30. The summed E-state index contributed by atoms with van der Waals surface area (Å²) in [6, 6.07) is 8.41. The molecule has 2 N–H and O–H groups in total. The van der Waals surface area contributed by atoms with E-state index in [1.54, 1.807) is 0 Å². The van der Waals surface area contributed by atoms with Crippen molar-refractivity contribution in [1.29, 1.82) is 0 Å². The summed E-state index contributed by atoms with van der Waals surface area (Å²) in [4.78, 5) is 27.2. The predicted molar refractivity (Wildman–Crippen MR) is 130 cm³/mol. The highest BCUT2D eigenvalue weighted by atomic mass is 16.2. The first-order valence-electron chi connectivity index (χ1n) is 12.3. The number of benzene rings is 1. The number of likely N-dealkylation sites (tertiary alicyclic amines) is 1. The van der Waals surface area contributed by atoms with E-state index in [1.807, 2.05) is 30.0 Å². The highest BCUT2D eigenvalue weighted by Crippen LogP contribution is 2.28. The Morgan fingerprint density at radius 3 is 2.41 bits per heavy atom. The van der Waals surface area contributed by atoms with Crippen LogP contribution in [0.15, 0.2) is 47.2 Å². The molecule has 0 bridgehead atoms. The molecule has 2 aliphatic rings. The van der Waals surface area contributed by atoms with Gasteiger partial charge in [0, 0.05) is 41.5 Å². The van der Waals surface area contributed by atoms with E-state index in [2.05, 4.69) is 43.5 Å². The van der Waals surface area contributed by atoms with E-state index in [-0.39, 0.29) is 17.9 Å². The van der Waals surface area contributed by atoms with Crippen molar-refractivity contribution in [2.75, 3.05) is 13.1 Å². The average Bonchev–Trinajstić information content (AvgIpc) is 3.14. The molecule has 0 spiro atoms. The van der Waals surface area contributed by atoms with Crippen molar-refractivity contribution in [2.45, 2.75) is 84.7 Å². The summed E-state index contributed by atoms with van der Waals surface area (Å²) in [7, 11) is 0. The van der Waals surface area contributed by atoms with Gasteiger partial charge in [-0.05, 0) is 57.2 Å². The van der Waals surface area contributed by atoms with Crippen LogP contribution in [-0.4, -0.2) is 35.8 Å². The zero-order valence-corrected chi connectivity index (χ0v) is 20.2. The summed E-state index contributed by atoms with van der Waals surface area (Å²) in [5.41, 5.74) is 4.86. The van der Waals surface area contributed by atoms with Gasteiger partial charge in [0.1, 0.15) is 0 Å². The molecule has 1 aliphatic heterocycles. The van der Waals surface area contributed by atoms with E-state index < -0.39 is 0 Å². The number of allylic oxidation sites excluding steroid dienone is 2. The molecule has 0 unspecified atom stereocenters. The molecule has 1 aromatic carbocycles. The molecule has 1 aliphatic carbocycles. The molecular weight excluding hydrogens is 398 g/mol. The third kappa shape index (κ3) is 5.62. The van der Waals surface area contributed by atoms with Gasteiger partial charge in [-0.1, -0.05) is 51.3 Å². The molecule has 2 fully saturated rings. The van der Waals surface area contributed by atoms with Gasteiger partial charge in [-0.15, -0.1) is 0 Å². The quantitative estimate of drug-likeness (QED) is 0.545. The lowest BCUT2D eigenvalue weighted by Gasteiger charge is -2.23. The lowest BCUT2D eigenvalue weighted by molar-refractivity contribution is -0.124. The third-order valence-corrected chi connectivity index (χ3v) is 6.75. The maximum atomic E-state index is 12.7. The molecule has 0 aromatic heterocycles. The minimum Gasteiger partial charge on any atom is -0.381 e. The Hall–Kier alpha value is -2.56. The van der Waals surface area contributed by atoms with E-state index in [4.69, 9.17) is 0 Å². The normalized spacial score (nSPS) is 21.1. The standard InChI is InChI=1S/C27H39N3O2/c1-5-11-23-24(18-30(7-3)27(23)32)19(4)28-25(6-2)20-14-16-21(17-15-20)26(31)29-22-12-9-8-10-13-22/h11,14-17,22,25,28H,5-10,12-13,18H2,1-4H3,(H,29,31)/b23-11+,24-19+/t25-/m0/s1. The zero-order chi connectivity index (χ0) is 23.1. The van der Waals surface area contributed by atoms with Gasteiger partial charge in [0.15, 0.2) is 0 Å². The SMILES string of the molecule is CC/C=C1/C(=O)N(CC)C/C1=C(/C)N[C@@H](CC)c1ccc(C(=O)NC2CCCCC2)cc1. The fourth-order valence-corrected chi connectivity index (χ4v) is 4.79. The molecule has 1 saturated heterocycles. The van der Waals surface area contributed by atoms with Crippen molar-refractivity contribution < 1.29 is 9.59 Å². The average molecular weight is 438 g/mol. The Morgan fingerprint density at radius 1 is 1.12 bits per heavy atom. The molecule has 5 heteroatoms. The summed E-state index contributed by atoms with van der Waals surface area (Å²) in [6.45, 7) is 9.69. The van der Waals surface area contributed by atoms with Gasteiger partial charge in [-0.3, -0.25) is 9.59 Å². The fourth-order valence-electron chi connectivity index (χ4n) is 4.79. The van der Waals surface area contributed by atoms with E-state index >= 15 is 0 Å². The minimum atomic E-state index is 0.0289. The van der Waals surface area contributed by atoms with Gasteiger partial charge >= 0.3 is 0 Å². The Balaban J connectivity index is 1.71. The smallest absolute Gasteiger partial charge is 0.254 e. The van der Waals surface area contributed by atoms with E-state index in [0.29, 0.717) is 12.6 Å². The summed E-state index contributed by atoms with van der Waals surface area (Å²) in [5.74, 6) is 0.160. The van der Waals surface area contributed by atoms with Crippen LogP contribution in [0.2, 0.25) is 0 Å². The van der Waals surface area contributed by atoms with E-state index in [9.17, 15) is 9.59 Å². The number of carbonyl (C=O) groups is 2. The van der Waals surface area contributed by atoms with Crippen molar-refractivity contribution in [3.63, 3.8) is 0 Å². The monoisotopic (exact) mass is 437 g/mol. The van der Waals surface area contributed by atoms with Crippen LogP contribution >= 0.6 is 0 Å². The summed E-state index contributed by atoms with van der Waals surface area (Å²) in [6.07, 6.45) is 9.67. The Labute approximate surface area is 193 Å². The second-order valence-electron chi connectivity index (χ2n) is 8.98. The second-order valence-corrected chi connectivity index (χ2v) is 8.98.